The molecule has 17 heteroatoms. The molecular formula is C28H27F3N10O4. The maximum absolute atomic E-state index is 13.8. The molecule has 1 aliphatic rings. The zero-order valence-electron chi connectivity index (χ0n) is 23.8. The Balaban J connectivity index is 1.42. The first-order chi connectivity index (χ1) is 21.6. The zero-order valence-corrected chi connectivity index (χ0v) is 23.8. The van der Waals surface area contributed by atoms with Gasteiger partial charge < -0.3 is 26.0 Å². The summed E-state index contributed by atoms with van der Waals surface area (Å²) < 4.78 is 48.9. The minimum Gasteiger partial charge on any atom is -0.426 e. The summed E-state index contributed by atoms with van der Waals surface area (Å²) in [6.45, 7) is 3.48. The number of nitrogens with one attached hydrogen (secondary N) is 4. The van der Waals surface area contributed by atoms with Gasteiger partial charge in [-0.1, -0.05) is 6.92 Å². The average Bonchev–Trinajstić information content (AvgIpc) is 3.61. The molecule has 1 saturated heterocycles. The van der Waals surface area contributed by atoms with Crippen molar-refractivity contribution in [2.75, 3.05) is 31.5 Å². The number of imidazole rings is 1. The van der Waals surface area contributed by atoms with Crippen LogP contribution in [-0.2, 0) is 28.7 Å². The van der Waals surface area contributed by atoms with E-state index in [9.17, 15) is 27.6 Å². The quantitative estimate of drug-likeness (QED) is 0.170. The lowest BCUT2D eigenvalue weighted by Gasteiger charge is -2.27. The molecule has 4 N–H and O–H groups in total. The number of rotatable bonds is 12. The third kappa shape index (κ3) is 6.55. The fraction of sp³-hybridized carbons (Fsp3) is 0.321. The largest absolute Gasteiger partial charge is 0.435 e. The van der Waals surface area contributed by atoms with Crippen LogP contribution in [0.2, 0.25) is 0 Å². The Labute approximate surface area is 253 Å². The number of alkyl halides is 3. The predicted molar refractivity (Wildman–Crippen MR) is 152 cm³/mol. The zero-order chi connectivity index (χ0) is 32.1. The van der Waals surface area contributed by atoms with E-state index in [4.69, 9.17) is 10.00 Å². The first-order valence-corrected chi connectivity index (χ1v) is 13.8. The van der Waals surface area contributed by atoms with E-state index in [1.807, 2.05) is 0 Å². The number of carbonyl (C=O) groups excluding carboxylic acids is 3. The molecule has 1 aromatic carbocycles. The van der Waals surface area contributed by atoms with E-state index in [2.05, 4.69) is 36.3 Å². The smallest absolute Gasteiger partial charge is 0.426 e. The average molecular weight is 625 g/mol. The van der Waals surface area contributed by atoms with E-state index < -0.39 is 17.8 Å². The van der Waals surface area contributed by atoms with Crippen molar-refractivity contribution in [2.45, 2.75) is 26.1 Å². The molecular weight excluding hydrogens is 597 g/mol. The molecule has 0 bridgehead atoms. The van der Waals surface area contributed by atoms with Crippen LogP contribution < -0.4 is 26.0 Å². The highest BCUT2D eigenvalue weighted by Crippen LogP contribution is 2.38. The van der Waals surface area contributed by atoms with E-state index in [0.29, 0.717) is 18.0 Å². The van der Waals surface area contributed by atoms with Crippen LogP contribution in [0.25, 0.3) is 16.9 Å². The number of fused-ring (bicyclic) bond motifs is 1. The van der Waals surface area contributed by atoms with E-state index in [0.717, 1.165) is 24.0 Å². The second kappa shape index (κ2) is 13.0. The molecule has 5 rings (SSSR count). The number of nitriles is 1. The first kappa shape index (κ1) is 30.9. The van der Waals surface area contributed by atoms with Crippen LogP contribution >= 0.6 is 0 Å². The molecule has 0 saturated carbocycles. The monoisotopic (exact) mass is 624 g/mol. The SMILES string of the molecule is CCc1c(C(=O)NCC(=O)NCC2CNC2)ccc(Nc2nccn3c(-c4cn(CC#N)nc4C(F)(F)F)cnc23)c1OC=O. The van der Waals surface area contributed by atoms with E-state index in [1.165, 1.54) is 35.1 Å². The molecule has 14 nitrogen and oxygen atoms in total. The lowest BCUT2D eigenvalue weighted by atomic mass is 10.0. The Morgan fingerprint density at radius 1 is 1.24 bits per heavy atom. The van der Waals surface area contributed by atoms with Crippen LogP contribution in [0.3, 0.4) is 0 Å². The van der Waals surface area contributed by atoms with Crippen molar-refractivity contribution in [3.63, 3.8) is 0 Å². The molecule has 234 valence electrons. The lowest BCUT2D eigenvalue weighted by Crippen LogP contribution is -2.49. The summed E-state index contributed by atoms with van der Waals surface area (Å²) in [6, 6.07) is 4.72. The number of anilines is 2. The standard InChI is InChI=1S/C28H27F3N10O4/c1-2-17-18(27(44)37-13-22(43)35-11-16-9-33-10-16)3-4-20(23(17)45-15-42)38-25-26-36-12-21(41(26)8-6-34-25)19-14-40(7-5-32)39-24(19)28(29,30)31/h3-4,6,8,12,14-16,33H,2,7,9-11,13H2,1H3,(H,34,38)(H,35,43)(H,37,44). The van der Waals surface area contributed by atoms with E-state index in [1.54, 1.807) is 13.0 Å². The van der Waals surface area contributed by atoms with Gasteiger partial charge in [0.05, 0.1) is 35.8 Å². The van der Waals surface area contributed by atoms with Crippen molar-refractivity contribution in [1.29, 1.82) is 5.26 Å². The van der Waals surface area contributed by atoms with Gasteiger partial charge in [-0.25, -0.2) is 9.97 Å². The van der Waals surface area contributed by atoms with Crippen LogP contribution in [-0.4, -0.2) is 68.6 Å². The van der Waals surface area contributed by atoms with Gasteiger partial charge in [-0.2, -0.15) is 23.5 Å². The van der Waals surface area contributed by atoms with Gasteiger partial charge in [0.1, 0.15) is 6.54 Å². The maximum Gasteiger partial charge on any atom is 0.435 e. The summed E-state index contributed by atoms with van der Waals surface area (Å²) in [5.41, 5.74) is -0.516. The summed E-state index contributed by atoms with van der Waals surface area (Å²) in [7, 11) is 0. The second-order valence-corrected chi connectivity index (χ2v) is 10.0. The molecule has 4 heterocycles. The van der Waals surface area contributed by atoms with Crippen LogP contribution in [0.5, 0.6) is 5.75 Å². The van der Waals surface area contributed by atoms with Crippen molar-refractivity contribution in [3.05, 3.63) is 53.7 Å². The minimum atomic E-state index is -4.79. The van der Waals surface area contributed by atoms with Crippen LogP contribution in [0.15, 0.2) is 36.9 Å². The van der Waals surface area contributed by atoms with Gasteiger partial charge >= 0.3 is 6.18 Å². The highest BCUT2D eigenvalue weighted by Gasteiger charge is 2.38. The molecule has 1 aliphatic heterocycles. The van der Waals surface area contributed by atoms with Crippen molar-refractivity contribution in [3.8, 4) is 23.1 Å². The van der Waals surface area contributed by atoms with Crippen LogP contribution in [0, 0.1) is 17.2 Å². The Morgan fingerprint density at radius 3 is 2.71 bits per heavy atom. The summed E-state index contributed by atoms with van der Waals surface area (Å²) in [6.07, 6.45) is 0.558. The summed E-state index contributed by atoms with van der Waals surface area (Å²) in [5.74, 6) is -0.400. The third-order valence-corrected chi connectivity index (χ3v) is 7.11. The van der Waals surface area contributed by atoms with Crippen molar-refractivity contribution >= 4 is 35.4 Å². The van der Waals surface area contributed by atoms with Crippen molar-refractivity contribution in [2.24, 2.45) is 5.92 Å². The number of amides is 2. The minimum absolute atomic E-state index is 0.0230. The van der Waals surface area contributed by atoms with Gasteiger partial charge in [0, 0.05) is 55.3 Å². The van der Waals surface area contributed by atoms with Gasteiger partial charge in [0.25, 0.3) is 12.4 Å². The lowest BCUT2D eigenvalue weighted by molar-refractivity contribution is -0.141. The fourth-order valence-corrected chi connectivity index (χ4v) is 4.85. The van der Waals surface area contributed by atoms with Crippen LogP contribution in [0.4, 0.5) is 24.7 Å². The molecule has 0 atom stereocenters. The highest BCUT2D eigenvalue weighted by molar-refractivity contribution is 5.99. The molecule has 1 fully saturated rings. The van der Waals surface area contributed by atoms with E-state index >= 15 is 0 Å². The predicted octanol–water partition coefficient (Wildman–Crippen LogP) is 2.04. The van der Waals surface area contributed by atoms with Crippen LogP contribution in [0.1, 0.15) is 28.5 Å². The van der Waals surface area contributed by atoms with Gasteiger partial charge in [0.2, 0.25) is 5.91 Å². The normalized spacial score (nSPS) is 13.1. The number of halogens is 3. The van der Waals surface area contributed by atoms with Crippen molar-refractivity contribution < 1.29 is 32.3 Å². The number of benzene rings is 1. The second-order valence-electron chi connectivity index (χ2n) is 10.0. The van der Waals surface area contributed by atoms with E-state index in [-0.39, 0.29) is 71.6 Å². The topological polar surface area (TPSA) is 180 Å². The molecule has 0 aliphatic carbocycles. The first-order valence-electron chi connectivity index (χ1n) is 13.8. The van der Waals surface area contributed by atoms with Gasteiger partial charge in [0.15, 0.2) is 22.9 Å². The Morgan fingerprint density at radius 2 is 2.04 bits per heavy atom. The molecule has 0 spiro atoms. The molecule has 0 radical (unpaired) electrons. The number of carbonyl (C=O) groups is 3. The van der Waals surface area contributed by atoms with Crippen molar-refractivity contribution in [1.82, 2.24) is 40.1 Å². The summed E-state index contributed by atoms with van der Waals surface area (Å²) in [5, 5.41) is 23.9. The Kier molecular flexibility index (Phi) is 8.95. The molecule has 2 amide bonds. The number of hydrogen-bond acceptors (Lipinski definition) is 10. The Hall–Kier alpha value is -5.50. The molecule has 0 unspecified atom stereocenters. The molecule has 3 aromatic heterocycles. The Bertz CT molecular complexity index is 1790. The highest BCUT2D eigenvalue weighted by atomic mass is 19.4. The number of hydrogen-bond donors (Lipinski definition) is 4. The van der Waals surface area contributed by atoms with Gasteiger partial charge in [-0.05, 0) is 18.6 Å². The fourth-order valence-electron chi connectivity index (χ4n) is 4.85. The summed E-state index contributed by atoms with van der Waals surface area (Å²) in [4.78, 5) is 45.2. The summed E-state index contributed by atoms with van der Waals surface area (Å²) >= 11 is 0. The van der Waals surface area contributed by atoms with Gasteiger partial charge in [-0.15, -0.1) is 0 Å². The van der Waals surface area contributed by atoms with Gasteiger partial charge in [-0.3, -0.25) is 23.5 Å². The molecule has 45 heavy (non-hydrogen) atoms. The third-order valence-electron chi connectivity index (χ3n) is 7.11. The number of aromatic nitrogens is 5. The number of ether oxygens (including phenoxy) is 1. The molecule has 4 aromatic rings. The number of nitrogens with zero attached hydrogens (tertiary/aromatic N) is 6. The maximum atomic E-state index is 13.8.